The molecule has 110 valence electrons. The van der Waals surface area contributed by atoms with Gasteiger partial charge in [-0.05, 0) is 40.9 Å². The van der Waals surface area contributed by atoms with Gasteiger partial charge in [0.15, 0.2) is 9.84 Å². The van der Waals surface area contributed by atoms with E-state index < -0.39 is 9.84 Å². The van der Waals surface area contributed by atoms with Gasteiger partial charge < -0.3 is 10.6 Å². The van der Waals surface area contributed by atoms with Crippen molar-refractivity contribution in [1.29, 1.82) is 0 Å². The lowest BCUT2D eigenvalue weighted by Crippen LogP contribution is -2.35. The first-order valence-corrected chi connectivity index (χ1v) is 8.96. The summed E-state index contributed by atoms with van der Waals surface area (Å²) < 4.78 is 24.1. The summed E-state index contributed by atoms with van der Waals surface area (Å²) in [6.07, 6.45) is 1.40. The van der Waals surface area contributed by atoms with E-state index >= 15 is 0 Å². The van der Waals surface area contributed by atoms with E-state index in [9.17, 15) is 13.2 Å². The third kappa shape index (κ3) is 4.04. The van der Waals surface area contributed by atoms with Crippen molar-refractivity contribution in [3.8, 4) is 0 Å². The van der Waals surface area contributed by atoms with E-state index in [4.69, 9.17) is 0 Å². The van der Waals surface area contributed by atoms with Crippen LogP contribution < -0.4 is 10.6 Å². The van der Waals surface area contributed by atoms with Crippen molar-refractivity contribution >= 4 is 37.4 Å². The van der Waals surface area contributed by atoms with Crippen molar-refractivity contribution in [3.05, 3.63) is 28.7 Å². The van der Waals surface area contributed by atoms with E-state index in [1.807, 2.05) is 18.2 Å². The number of nitrogens with one attached hydrogen (secondary N) is 2. The quantitative estimate of drug-likeness (QED) is 0.835. The number of carbonyl (C=O) groups excluding carboxylic acids is 1. The standard InChI is InChI=1S/C13H17BrN2O3S/c14-11-5-1-2-6-12(11)16-13(17)9-15-8-10-4-3-7-20(10,18)19/h1-2,5-6,10,15H,3-4,7-9H2,(H,16,17). The Kier molecular flexibility index (Phi) is 5.17. The molecule has 20 heavy (non-hydrogen) atoms. The van der Waals surface area contributed by atoms with Gasteiger partial charge in [-0.3, -0.25) is 4.79 Å². The molecule has 1 aromatic carbocycles. The first-order valence-electron chi connectivity index (χ1n) is 6.46. The van der Waals surface area contributed by atoms with Crippen LogP contribution in [0, 0.1) is 0 Å². The molecule has 0 aliphatic carbocycles. The molecule has 1 aliphatic rings. The Morgan fingerprint density at radius 3 is 2.75 bits per heavy atom. The number of amides is 1. The van der Waals surface area contributed by atoms with E-state index in [0.717, 1.165) is 10.9 Å². The molecule has 1 heterocycles. The molecule has 7 heteroatoms. The third-order valence-electron chi connectivity index (χ3n) is 3.27. The summed E-state index contributed by atoms with van der Waals surface area (Å²) in [5, 5.41) is 5.33. The van der Waals surface area contributed by atoms with Crippen LogP contribution in [-0.2, 0) is 14.6 Å². The van der Waals surface area contributed by atoms with Gasteiger partial charge in [0.25, 0.3) is 0 Å². The van der Waals surface area contributed by atoms with Gasteiger partial charge in [-0.2, -0.15) is 0 Å². The van der Waals surface area contributed by atoms with Gasteiger partial charge in [-0.15, -0.1) is 0 Å². The smallest absolute Gasteiger partial charge is 0.238 e. The van der Waals surface area contributed by atoms with Gasteiger partial charge in [-0.25, -0.2) is 8.42 Å². The van der Waals surface area contributed by atoms with E-state index in [2.05, 4.69) is 26.6 Å². The molecule has 1 fully saturated rings. The lowest BCUT2D eigenvalue weighted by atomic mass is 10.2. The fourth-order valence-corrected chi connectivity index (χ4v) is 4.37. The molecule has 1 aliphatic heterocycles. The average molecular weight is 361 g/mol. The number of para-hydroxylation sites is 1. The second-order valence-electron chi connectivity index (χ2n) is 4.79. The minimum Gasteiger partial charge on any atom is -0.324 e. The zero-order valence-electron chi connectivity index (χ0n) is 10.9. The molecule has 1 atom stereocenters. The molecular weight excluding hydrogens is 344 g/mol. The van der Waals surface area contributed by atoms with Crippen LogP contribution in [0.15, 0.2) is 28.7 Å². The summed E-state index contributed by atoms with van der Waals surface area (Å²) in [5.74, 6) is 0.0787. The SMILES string of the molecule is O=C(CNCC1CCCS1(=O)=O)Nc1ccccc1Br. The van der Waals surface area contributed by atoms with Crippen molar-refractivity contribution in [1.82, 2.24) is 5.32 Å². The molecule has 0 spiro atoms. The Morgan fingerprint density at radius 2 is 2.10 bits per heavy atom. The molecule has 1 unspecified atom stereocenters. The molecular formula is C13H17BrN2O3S. The molecule has 1 amide bonds. The summed E-state index contributed by atoms with van der Waals surface area (Å²) in [6.45, 7) is 0.444. The Bertz CT molecular complexity index is 589. The van der Waals surface area contributed by atoms with Crippen LogP contribution in [0.3, 0.4) is 0 Å². The molecule has 0 radical (unpaired) electrons. The highest BCUT2D eigenvalue weighted by Gasteiger charge is 2.30. The fraction of sp³-hybridized carbons (Fsp3) is 0.462. The van der Waals surface area contributed by atoms with Gasteiger partial charge in [0.2, 0.25) is 5.91 Å². The highest BCUT2D eigenvalue weighted by atomic mass is 79.9. The highest BCUT2D eigenvalue weighted by molar-refractivity contribution is 9.10. The second-order valence-corrected chi connectivity index (χ2v) is 8.05. The van der Waals surface area contributed by atoms with Crippen LogP contribution in [0.1, 0.15) is 12.8 Å². The number of halogens is 1. The van der Waals surface area contributed by atoms with Crippen LogP contribution in [0.5, 0.6) is 0 Å². The number of carbonyl (C=O) groups is 1. The van der Waals surface area contributed by atoms with Crippen LogP contribution in [-0.4, -0.2) is 38.4 Å². The molecule has 1 saturated heterocycles. The maximum Gasteiger partial charge on any atom is 0.238 e. The van der Waals surface area contributed by atoms with Crippen molar-refractivity contribution in [2.45, 2.75) is 18.1 Å². The number of rotatable bonds is 5. The first kappa shape index (κ1) is 15.5. The highest BCUT2D eigenvalue weighted by Crippen LogP contribution is 2.21. The Labute approximate surface area is 127 Å². The van der Waals surface area contributed by atoms with E-state index in [0.29, 0.717) is 18.7 Å². The molecule has 0 saturated carbocycles. The number of sulfone groups is 1. The fourth-order valence-electron chi connectivity index (χ4n) is 2.19. The second kappa shape index (κ2) is 6.69. The molecule has 0 aromatic heterocycles. The van der Waals surface area contributed by atoms with Crippen LogP contribution in [0.4, 0.5) is 5.69 Å². The zero-order valence-corrected chi connectivity index (χ0v) is 13.3. The van der Waals surface area contributed by atoms with Crippen molar-refractivity contribution in [3.63, 3.8) is 0 Å². The van der Waals surface area contributed by atoms with Gasteiger partial charge in [0, 0.05) is 11.0 Å². The average Bonchev–Trinajstić information content (AvgIpc) is 2.72. The zero-order chi connectivity index (χ0) is 14.6. The number of benzene rings is 1. The molecule has 0 bridgehead atoms. The van der Waals surface area contributed by atoms with E-state index in [1.165, 1.54) is 0 Å². The first-order chi connectivity index (χ1) is 9.49. The molecule has 2 rings (SSSR count). The summed E-state index contributed by atoms with van der Waals surface area (Å²) in [5.41, 5.74) is 0.702. The summed E-state index contributed by atoms with van der Waals surface area (Å²) >= 11 is 3.35. The summed E-state index contributed by atoms with van der Waals surface area (Å²) in [7, 11) is -2.95. The van der Waals surface area contributed by atoms with Gasteiger partial charge in [-0.1, -0.05) is 12.1 Å². The lowest BCUT2D eigenvalue weighted by Gasteiger charge is -2.11. The van der Waals surface area contributed by atoms with Gasteiger partial charge >= 0.3 is 0 Å². The summed E-state index contributed by atoms with van der Waals surface area (Å²) in [4.78, 5) is 11.8. The maximum atomic E-state index is 11.8. The Balaban J connectivity index is 1.77. The lowest BCUT2D eigenvalue weighted by molar-refractivity contribution is -0.115. The number of hydrogen-bond donors (Lipinski definition) is 2. The summed E-state index contributed by atoms with van der Waals surface area (Å²) in [6, 6.07) is 7.33. The van der Waals surface area contributed by atoms with Crippen LogP contribution >= 0.6 is 15.9 Å². The predicted molar refractivity (Wildman–Crippen MR) is 82.5 cm³/mol. The monoisotopic (exact) mass is 360 g/mol. The van der Waals surface area contributed by atoms with E-state index in [-0.39, 0.29) is 23.5 Å². The predicted octanol–water partition coefficient (Wildman–Crippen LogP) is 1.55. The van der Waals surface area contributed by atoms with Crippen molar-refractivity contribution < 1.29 is 13.2 Å². The van der Waals surface area contributed by atoms with Crippen LogP contribution in [0.25, 0.3) is 0 Å². The van der Waals surface area contributed by atoms with Gasteiger partial charge in [0.05, 0.1) is 23.2 Å². The third-order valence-corrected chi connectivity index (χ3v) is 6.24. The minimum atomic E-state index is -2.95. The van der Waals surface area contributed by atoms with E-state index in [1.54, 1.807) is 6.07 Å². The Morgan fingerprint density at radius 1 is 1.35 bits per heavy atom. The topological polar surface area (TPSA) is 75.3 Å². The van der Waals surface area contributed by atoms with Gasteiger partial charge in [0.1, 0.15) is 0 Å². The largest absolute Gasteiger partial charge is 0.324 e. The normalized spacial score (nSPS) is 20.8. The minimum absolute atomic E-state index is 0.105. The molecule has 2 N–H and O–H groups in total. The Hall–Kier alpha value is -0.920. The number of hydrogen-bond acceptors (Lipinski definition) is 4. The maximum absolute atomic E-state index is 11.8. The van der Waals surface area contributed by atoms with Crippen LogP contribution in [0.2, 0.25) is 0 Å². The molecule has 5 nitrogen and oxygen atoms in total. The number of anilines is 1. The van der Waals surface area contributed by atoms with Crippen molar-refractivity contribution in [2.75, 3.05) is 24.2 Å². The molecule has 1 aromatic rings. The van der Waals surface area contributed by atoms with Crippen molar-refractivity contribution in [2.24, 2.45) is 0 Å².